The van der Waals surface area contributed by atoms with Gasteiger partial charge in [0.25, 0.3) is 11.5 Å². The third-order valence-corrected chi connectivity index (χ3v) is 5.97. The van der Waals surface area contributed by atoms with Crippen LogP contribution < -0.4 is 10.9 Å². The molecular weight excluding hydrogens is 458 g/mol. The Kier molecular flexibility index (Phi) is 4.44. The number of carbonyl (C=O) groups excluding carboxylic acids is 1. The number of aryl methyl sites for hydroxylation is 1. The topological polar surface area (TPSA) is 106 Å². The van der Waals surface area contributed by atoms with E-state index in [1.165, 1.54) is 16.0 Å². The van der Waals surface area contributed by atoms with Crippen LogP contribution in [0.25, 0.3) is 16.5 Å². The van der Waals surface area contributed by atoms with E-state index in [4.69, 9.17) is 4.42 Å². The van der Waals surface area contributed by atoms with Crippen LogP contribution >= 0.6 is 27.3 Å². The summed E-state index contributed by atoms with van der Waals surface area (Å²) in [5, 5.41) is 9.33. The normalized spacial score (nSPS) is 12.9. The van der Waals surface area contributed by atoms with E-state index < -0.39 is 5.91 Å². The van der Waals surface area contributed by atoms with E-state index in [-0.39, 0.29) is 17.3 Å². The summed E-state index contributed by atoms with van der Waals surface area (Å²) in [7, 11) is 0. The lowest BCUT2D eigenvalue weighted by Crippen LogP contribution is -2.21. The minimum Gasteiger partial charge on any atom is -0.444 e. The molecule has 8 nitrogen and oxygen atoms in total. The first-order valence-electron chi connectivity index (χ1n) is 8.91. The van der Waals surface area contributed by atoms with Crippen molar-refractivity contribution in [1.82, 2.24) is 19.7 Å². The van der Waals surface area contributed by atoms with Gasteiger partial charge in [0.05, 0.1) is 10.6 Å². The number of rotatable bonds is 4. The molecule has 0 aromatic carbocycles. The molecule has 0 unspecified atom stereocenters. The maximum absolute atomic E-state index is 12.6. The van der Waals surface area contributed by atoms with E-state index in [1.54, 1.807) is 18.2 Å². The van der Waals surface area contributed by atoms with Gasteiger partial charge in [-0.25, -0.2) is 4.98 Å². The zero-order valence-electron chi connectivity index (χ0n) is 14.9. The highest BCUT2D eigenvalue weighted by Crippen LogP contribution is 2.28. The summed E-state index contributed by atoms with van der Waals surface area (Å²) in [5.41, 5.74) is 2.01. The number of amides is 1. The van der Waals surface area contributed by atoms with Gasteiger partial charge in [0, 0.05) is 11.6 Å². The fourth-order valence-corrected chi connectivity index (χ4v) is 4.31. The molecule has 146 valence electrons. The van der Waals surface area contributed by atoms with Gasteiger partial charge in [-0.15, -0.1) is 11.3 Å². The van der Waals surface area contributed by atoms with E-state index in [9.17, 15) is 9.59 Å². The number of halogens is 1. The zero-order chi connectivity index (χ0) is 20.0. The van der Waals surface area contributed by atoms with Gasteiger partial charge in [0.15, 0.2) is 10.4 Å². The fourth-order valence-electron chi connectivity index (χ4n) is 3.32. The molecule has 10 heteroatoms. The monoisotopic (exact) mass is 471 g/mol. The number of anilines is 1. The van der Waals surface area contributed by atoms with Crippen molar-refractivity contribution in [1.29, 1.82) is 0 Å². The van der Waals surface area contributed by atoms with E-state index in [2.05, 4.69) is 36.3 Å². The highest BCUT2D eigenvalue weighted by Gasteiger charge is 2.22. The number of nitrogens with zero attached hydrogens (tertiary/aromatic N) is 3. The number of hydrogen-bond donors (Lipinski definition) is 2. The molecule has 1 aliphatic carbocycles. The van der Waals surface area contributed by atoms with Crippen molar-refractivity contribution >= 4 is 39.0 Å². The van der Waals surface area contributed by atoms with Crippen LogP contribution in [0, 0.1) is 0 Å². The van der Waals surface area contributed by atoms with Gasteiger partial charge in [0.2, 0.25) is 5.95 Å². The largest absolute Gasteiger partial charge is 0.444 e. The highest BCUT2D eigenvalue weighted by molar-refractivity contribution is 9.10. The van der Waals surface area contributed by atoms with Crippen molar-refractivity contribution in [3.05, 3.63) is 67.8 Å². The van der Waals surface area contributed by atoms with Crippen molar-refractivity contribution in [2.45, 2.75) is 19.3 Å². The number of nitrogens with one attached hydrogen (secondary N) is 2. The van der Waals surface area contributed by atoms with Crippen LogP contribution in [0.4, 0.5) is 5.82 Å². The molecule has 0 fully saturated rings. The summed E-state index contributed by atoms with van der Waals surface area (Å²) in [4.78, 5) is 33.4. The number of fused-ring (bicyclic) bond motifs is 1. The Morgan fingerprint density at radius 2 is 2.21 bits per heavy atom. The van der Waals surface area contributed by atoms with Crippen LogP contribution in [0.5, 0.6) is 0 Å². The Bertz CT molecular complexity index is 1270. The van der Waals surface area contributed by atoms with Gasteiger partial charge in [-0.1, -0.05) is 6.07 Å². The summed E-state index contributed by atoms with van der Waals surface area (Å²) in [6.07, 6.45) is 2.40. The molecule has 0 atom stereocenters. The average molecular weight is 472 g/mol. The summed E-state index contributed by atoms with van der Waals surface area (Å²) in [6.45, 7) is 0. The third-order valence-electron chi connectivity index (χ3n) is 4.65. The molecule has 29 heavy (non-hydrogen) atoms. The second-order valence-corrected chi connectivity index (χ2v) is 8.26. The summed E-state index contributed by atoms with van der Waals surface area (Å²) < 4.78 is 7.23. The fraction of sp³-hybridized carbons (Fsp3) is 0.158. The third kappa shape index (κ3) is 3.34. The smallest absolute Gasteiger partial charge is 0.292 e. The summed E-state index contributed by atoms with van der Waals surface area (Å²) in [5.74, 6) is 0.372. The molecule has 2 N–H and O–H groups in total. The van der Waals surface area contributed by atoms with Crippen molar-refractivity contribution in [3.8, 4) is 16.5 Å². The number of aromatic amines is 1. The van der Waals surface area contributed by atoms with Gasteiger partial charge >= 0.3 is 0 Å². The first-order chi connectivity index (χ1) is 14.1. The van der Waals surface area contributed by atoms with Crippen LogP contribution in [0.2, 0.25) is 0 Å². The van der Waals surface area contributed by atoms with Crippen LogP contribution in [0.1, 0.15) is 28.2 Å². The maximum atomic E-state index is 12.6. The quantitative estimate of drug-likeness (QED) is 0.470. The molecule has 1 amide bonds. The second kappa shape index (κ2) is 7.12. The minimum absolute atomic E-state index is 0.151. The van der Waals surface area contributed by atoms with Gasteiger partial charge in [-0.05, 0) is 58.8 Å². The molecule has 0 saturated carbocycles. The Morgan fingerprint density at radius 1 is 1.31 bits per heavy atom. The van der Waals surface area contributed by atoms with Crippen LogP contribution in [0.15, 0.2) is 49.6 Å². The average Bonchev–Trinajstić information content (AvgIpc) is 3.48. The Labute approximate surface area is 176 Å². The molecule has 0 radical (unpaired) electrons. The van der Waals surface area contributed by atoms with Gasteiger partial charge in [-0.2, -0.15) is 9.78 Å². The van der Waals surface area contributed by atoms with E-state index in [0.717, 1.165) is 35.4 Å². The molecule has 0 spiro atoms. The number of H-pyrrole nitrogens is 1. The number of aromatic nitrogens is 4. The van der Waals surface area contributed by atoms with E-state index in [0.29, 0.717) is 16.2 Å². The Hall–Kier alpha value is -2.98. The minimum atomic E-state index is -0.432. The predicted molar refractivity (Wildman–Crippen MR) is 112 cm³/mol. The number of thiophene rings is 1. The highest BCUT2D eigenvalue weighted by atomic mass is 79.9. The van der Waals surface area contributed by atoms with Crippen LogP contribution in [0.3, 0.4) is 0 Å². The SMILES string of the molecule is O=C(Nc1cc(-c2cccs2)nn1-c1nc2c(c(=O)[nH]1)CCC2)c1ccc(Br)o1. The standard InChI is InChI=1S/C19H14BrN5O3S/c20-15-7-6-13(28-15)18(27)22-16-9-12(14-5-2-8-29-14)24-25(16)19-21-11-4-1-3-10(11)17(26)23-19/h2,5-9H,1,3-4H2,(H,22,27)(H,21,23,26). The molecule has 4 aromatic rings. The van der Waals surface area contributed by atoms with Crippen molar-refractivity contribution in [3.63, 3.8) is 0 Å². The summed E-state index contributed by atoms with van der Waals surface area (Å²) >= 11 is 4.72. The van der Waals surface area contributed by atoms with Gasteiger partial charge in [-0.3, -0.25) is 14.6 Å². The molecule has 0 bridgehead atoms. The second-order valence-electron chi connectivity index (χ2n) is 6.53. The lowest BCUT2D eigenvalue weighted by atomic mass is 10.3. The number of furan rings is 1. The van der Waals surface area contributed by atoms with Crippen LogP contribution in [-0.2, 0) is 12.8 Å². The first-order valence-corrected chi connectivity index (χ1v) is 10.6. The lowest BCUT2D eigenvalue weighted by molar-refractivity contribution is 0.0994. The van der Waals surface area contributed by atoms with Crippen LogP contribution in [-0.4, -0.2) is 25.7 Å². The van der Waals surface area contributed by atoms with Gasteiger partial charge < -0.3 is 9.73 Å². The molecule has 5 rings (SSSR count). The molecule has 4 aromatic heterocycles. The van der Waals surface area contributed by atoms with Gasteiger partial charge in [0.1, 0.15) is 11.5 Å². The first kappa shape index (κ1) is 18.1. The summed E-state index contributed by atoms with van der Waals surface area (Å²) in [6, 6.07) is 8.81. The Morgan fingerprint density at radius 3 is 2.97 bits per heavy atom. The van der Waals surface area contributed by atoms with Crippen molar-refractivity contribution < 1.29 is 9.21 Å². The number of carbonyl (C=O) groups is 1. The van der Waals surface area contributed by atoms with Crippen molar-refractivity contribution in [2.75, 3.05) is 5.32 Å². The number of hydrogen-bond acceptors (Lipinski definition) is 6. The molecule has 4 heterocycles. The molecule has 1 aliphatic rings. The molecule has 0 aliphatic heterocycles. The lowest BCUT2D eigenvalue weighted by Gasteiger charge is -2.08. The molecule has 0 saturated heterocycles. The van der Waals surface area contributed by atoms with E-state index >= 15 is 0 Å². The predicted octanol–water partition coefficient (Wildman–Crippen LogP) is 3.78. The van der Waals surface area contributed by atoms with Crippen molar-refractivity contribution in [2.24, 2.45) is 0 Å². The Balaban J connectivity index is 1.59. The zero-order valence-corrected chi connectivity index (χ0v) is 17.3. The maximum Gasteiger partial charge on any atom is 0.292 e. The van der Waals surface area contributed by atoms with E-state index in [1.807, 2.05) is 17.5 Å². The molecular formula is C19H14BrN5O3S.